The van der Waals surface area contributed by atoms with Crippen LogP contribution in [0, 0.1) is 0 Å². The second-order valence-corrected chi connectivity index (χ2v) is 5.98. The lowest BCUT2D eigenvalue weighted by molar-refractivity contribution is 0.0940. The molecule has 0 bridgehead atoms. The van der Waals surface area contributed by atoms with E-state index in [1.807, 2.05) is 41.3 Å². The van der Waals surface area contributed by atoms with E-state index in [4.69, 9.17) is 5.21 Å². The minimum atomic E-state index is -0.176. The predicted octanol–water partition coefficient (Wildman–Crippen LogP) is 3.34. The van der Waals surface area contributed by atoms with Crippen molar-refractivity contribution in [3.8, 4) is 5.00 Å². The standard InChI is InChI=1S/C15H17N3O2S/c1-2-4-10(17-20)9-12-13-5-3-7-18(13)15-11(6-8-21-15)14(19)16-12/h3,5-8,12,20H,2,4,9H2,1H3,(H,16,19)/b17-10+. The fourth-order valence-electron chi connectivity index (χ4n) is 2.71. The van der Waals surface area contributed by atoms with Gasteiger partial charge >= 0.3 is 0 Å². The van der Waals surface area contributed by atoms with Gasteiger partial charge in [0.1, 0.15) is 5.00 Å². The summed E-state index contributed by atoms with van der Waals surface area (Å²) >= 11 is 1.55. The fourth-order valence-corrected chi connectivity index (χ4v) is 3.61. The van der Waals surface area contributed by atoms with Crippen LogP contribution in [0.5, 0.6) is 0 Å². The SMILES string of the molecule is CCC/C(CC1NC(=O)c2ccsc2-n2cccc21)=N\O. The van der Waals surface area contributed by atoms with Gasteiger partial charge in [0.15, 0.2) is 0 Å². The summed E-state index contributed by atoms with van der Waals surface area (Å²) in [4.78, 5) is 12.4. The smallest absolute Gasteiger partial charge is 0.254 e. The highest BCUT2D eigenvalue weighted by molar-refractivity contribution is 7.13. The number of aromatic nitrogens is 1. The van der Waals surface area contributed by atoms with Gasteiger partial charge in [-0.15, -0.1) is 11.3 Å². The van der Waals surface area contributed by atoms with Crippen molar-refractivity contribution in [1.82, 2.24) is 9.88 Å². The van der Waals surface area contributed by atoms with Gasteiger partial charge in [-0.1, -0.05) is 18.5 Å². The zero-order valence-electron chi connectivity index (χ0n) is 11.7. The number of carbonyl (C=O) groups excluding carboxylic acids is 1. The van der Waals surface area contributed by atoms with Crippen molar-refractivity contribution in [3.05, 3.63) is 41.0 Å². The molecule has 3 rings (SSSR count). The number of amides is 1. The molecule has 3 heterocycles. The highest BCUT2D eigenvalue weighted by atomic mass is 32.1. The molecule has 0 saturated carbocycles. The second-order valence-electron chi connectivity index (χ2n) is 5.09. The highest BCUT2D eigenvalue weighted by Gasteiger charge is 2.27. The highest BCUT2D eigenvalue weighted by Crippen LogP contribution is 2.31. The number of nitrogens with one attached hydrogen (secondary N) is 1. The number of oxime groups is 1. The van der Waals surface area contributed by atoms with Gasteiger partial charge < -0.3 is 15.1 Å². The maximum Gasteiger partial charge on any atom is 0.254 e. The van der Waals surface area contributed by atoms with Crippen LogP contribution in [0.15, 0.2) is 34.9 Å². The lowest BCUT2D eigenvalue weighted by Crippen LogP contribution is -2.29. The van der Waals surface area contributed by atoms with Gasteiger partial charge in [-0.05, 0) is 30.0 Å². The summed E-state index contributed by atoms with van der Waals surface area (Å²) in [7, 11) is 0. The summed E-state index contributed by atoms with van der Waals surface area (Å²) in [6, 6.07) is 5.64. The van der Waals surface area contributed by atoms with Crippen LogP contribution in [0.2, 0.25) is 0 Å². The monoisotopic (exact) mass is 303 g/mol. The Balaban J connectivity index is 1.98. The Hall–Kier alpha value is -2.08. The fraction of sp³-hybridized carbons (Fsp3) is 0.333. The Morgan fingerprint density at radius 1 is 1.52 bits per heavy atom. The molecule has 1 amide bonds. The van der Waals surface area contributed by atoms with Crippen molar-refractivity contribution < 1.29 is 10.0 Å². The van der Waals surface area contributed by atoms with Crippen LogP contribution in [0.3, 0.4) is 0 Å². The molecule has 5 nitrogen and oxygen atoms in total. The molecular weight excluding hydrogens is 286 g/mol. The van der Waals surface area contributed by atoms with Crippen molar-refractivity contribution in [3.63, 3.8) is 0 Å². The average Bonchev–Trinajstić information content (AvgIpc) is 3.11. The van der Waals surface area contributed by atoms with Crippen LogP contribution in [-0.2, 0) is 0 Å². The van der Waals surface area contributed by atoms with E-state index in [1.54, 1.807) is 11.3 Å². The molecule has 1 aliphatic heterocycles. The van der Waals surface area contributed by atoms with Crippen LogP contribution in [0.1, 0.15) is 48.3 Å². The second kappa shape index (κ2) is 5.73. The Kier molecular flexibility index (Phi) is 3.79. The number of thiophene rings is 1. The van der Waals surface area contributed by atoms with E-state index < -0.39 is 0 Å². The van der Waals surface area contributed by atoms with Crippen molar-refractivity contribution in [1.29, 1.82) is 0 Å². The largest absolute Gasteiger partial charge is 0.411 e. The van der Waals surface area contributed by atoms with E-state index in [9.17, 15) is 4.79 Å². The Labute approximate surface area is 126 Å². The third-order valence-corrected chi connectivity index (χ3v) is 4.58. The van der Waals surface area contributed by atoms with Gasteiger partial charge in [0.05, 0.1) is 17.3 Å². The van der Waals surface area contributed by atoms with Crippen LogP contribution in [0.25, 0.3) is 5.00 Å². The quantitative estimate of drug-likeness (QED) is 0.517. The van der Waals surface area contributed by atoms with E-state index in [2.05, 4.69) is 10.5 Å². The van der Waals surface area contributed by atoms with Crippen LogP contribution < -0.4 is 5.32 Å². The molecule has 2 aromatic heterocycles. The van der Waals surface area contributed by atoms with Crippen LogP contribution >= 0.6 is 11.3 Å². The molecule has 21 heavy (non-hydrogen) atoms. The summed E-state index contributed by atoms with van der Waals surface area (Å²) < 4.78 is 2.05. The number of fused-ring (bicyclic) bond motifs is 3. The molecular formula is C15H17N3O2S. The van der Waals surface area contributed by atoms with Gasteiger partial charge in [0, 0.05) is 18.3 Å². The predicted molar refractivity (Wildman–Crippen MR) is 82.6 cm³/mol. The van der Waals surface area contributed by atoms with E-state index in [0.29, 0.717) is 17.7 Å². The molecule has 1 atom stereocenters. The summed E-state index contributed by atoms with van der Waals surface area (Å²) in [5.41, 5.74) is 2.42. The van der Waals surface area contributed by atoms with Crippen molar-refractivity contribution >= 4 is 23.0 Å². The lowest BCUT2D eigenvalue weighted by Gasteiger charge is -2.17. The molecule has 2 aromatic rings. The maximum atomic E-state index is 12.4. The topological polar surface area (TPSA) is 66.6 Å². The Bertz CT molecular complexity index is 687. The van der Waals surface area contributed by atoms with Crippen LogP contribution in [0.4, 0.5) is 0 Å². The minimum absolute atomic E-state index is 0.0752. The molecule has 2 N–H and O–H groups in total. The Morgan fingerprint density at radius 2 is 2.38 bits per heavy atom. The molecule has 0 saturated heterocycles. The first-order valence-corrected chi connectivity index (χ1v) is 7.88. The number of rotatable bonds is 4. The summed E-state index contributed by atoms with van der Waals surface area (Å²) in [6.45, 7) is 2.04. The molecule has 0 aliphatic carbocycles. The van der Waals surface area contributed by atoms with E-state index >= 15 is 0 Å². The molecule has 6 heteroatoms. The normalized spacial score (nSPS) is 17.9. The number of nitrogens with zero attached hydrogens (tertiary/aromatic N) is 2. The summed E-state index contributed by atoms with van der Waals surface area (Å²) in [6.07, 6.45) is 4.13. The van der Waals surface area contributed by atoms with Gasteiger partial charge in [0.25, 0.3) is 5.91 Å². The van der Waals surface area contributed by atoms with Gasteiger partial charge in [-0.2, -0.15) is 0 Å². The molecule has 0 fully saturated rings. The van der Waals surface area contributed by atoms with E-state index in [0.717, 1.165) is 23.5 Å². The Morgan fingerprint density at radius 3 is 3.14 bits per heavy atom. The zero-order chi connectivity index (χ0) is 14.8. The minimum Gasteiger partial charge on any atom is -0.411 e. The molecule has 0 aromatic carbocycles. The number of hydrogen-bond donors (Lipinski definition) is 2. The maximum absolute atomic E-state index is 12.4. The number of carbonyl (C=O) groups is 1. The van der Waals surface area contributed by atoms with Crippen molar-refractivity contribution in [2.45, 2.75) is 32.2 Å². The van der Waals surface area contributed by atoms with Gasteiger partial charge in [-0.25, -0.2) is 0 Å². The number of hydrogen-bond acceptors (Lipinski definition) is 4. The first-order valence-electron chi connectivity index (χ1n) is 7.00. The molecule has 110 valence electrons. The third kappa shape index (κ3) is 2.47. The summed E-state index contributed by atoms with van der Waals surface area (Å²) in [5.74, 6) is -0.0752. The van der Waals surface area contributed by atoms with Crippen molar-refractivity contribution in [2.24, 2.45) is 5.16 Å². The molecule has 1 aliphatic rings. The van der Waals surface area contributed by atoms with Crippen molar-refractivity contribution in [2.75, 3.05) is 0 Å². The molecule has 0 radical (unpaired) electrons. The third-order valence-electron chi connectivity index (χ3n) is 3.67. The first-order chi connectivity index (χ1) is 10.2. The molecule has 0 spiro atoms. The van der Waals surface area contributed by atoms with Crippen LogP contribution in [-0.4, -0.2) is 21.4 Å². The first kappa shape index (κ1) is 13.9. The lowest BCUT2D eigenvalue weighted by atomic mass is 10.0. The summed E-state index contributed by atoms with van der Waals surface area (Å²) in [5, 5.41) is 18.4. The van der Waals surface area contributed by atoms with Gasteiger partial charge in [-0.3, -0.25) is 4.79 Å². The van der Waals surface area contributed by atoms with E-state index in [1.165, 1.54) is 0 Å². The average molecular weight is 303 g/mol. The zero-order valence-corrected chi connectivity index (χ0v) is 12.6. The van der Waals surface area contributed by atoms with E-state index in [-0.39, 0.29) is 11.9 Å². The van der Waals surface area contributed by atoms with Gasteiger partial charge in [0.2, 0.25) is 0 Å². The molecule has 1 unspecified atom stereocenters.